The highest BCUT2D eigenvalue weighted by atomic mass is 16.3. The number of fused-ring (bicyclic) bond motifs is 1. The summed E-state index contributed by atoms with van der Waals surface area (Å²) in [6, 6.07) is 14.0. The molecule has 32 heavy (non-hydrogen) atoms. The molecule has 0 saturated carbocycles. The van der Waals surface area contributed by atoms with Gasteiger partial charge in [-0.15, -0.1) is 0 Å². The van der Waals surface area contributed by atoms with Gasteiger partial charge in [0.15, 0.2) is 0 Å². The molecule has 4 aromatic rings. The highest BCUT2D eigenvalue weighted by Gasteiger charge is 2.19. The number of pyridine rings is 1. The van der Waals surface area contributed by atoms with Crippen molar-refractivity contribution < 1.29 is 5.11 Å². The van der Waals surface area contributed by atoms with E-state index in [1.807, 2.05) is 43.6 Å². The van der Waals surface area contributed by atoms with Crippen molar-refractivity contribution in [3.05, 3.63) is 60.7 Å². The molecule has 5 rings (SSSR count). The minimum absolute atomic E-state index is 0.201. The molecule has 3 aromatic heterocycles. The van der Waals surface area contributed by atoms with Crippen LogP contribution in [0.4, 0.5) is 11.5 Å². The first kappa shape index (κ1) is 20.4. The molecule has 1 saturated heterocycles. The second kappa shape index (κ2) is 8.57. The van der Waals surface area contributed by atoms with Gasteiger partial charge in [0, 0.05) is 61.8 Å². The SMILES string of the molecule is Cc1nc(-c2ccn3c(-c4cccc(N)c4)cnc3c2)cc(N2CCN(CCO)CC2)n1. The average molecular weight is 430 g/mol. The third-order valence-electron chi connectivity index (χ3n) is 5.93. The van der Waals surface area contributed by atoms with E-state index >= 15 is 0 Å². The van der Waals surface area contributed by atoms with Crippen LogP contribution in [0.1, 0.15) is 5.82 Å². The van der Waals surface area contributed by atoms with Crippen LogP contribution < -0.4 is 10.6 Å². The van der Waals surface area contributed by atoms with Gasteiger partial charge in [-0.05, 0) is 31.2 Å². The molecule has 1 fully saturated rings. The van der Waals surface area contributed by atoms with Crippen molar-refractivity contribution in [2.24, 2.45) is 0 Å². The summed E-state index contributed by atoms with van der Waals surface area (Å²) in [4.78, 5) is 18.6. The number of piperazine rings is 1. The summed E-state index contributed by atoms with van der Waals surface area (Å²) in [7, 11) is 0. The third kappa shape index (κ3) is 4.02. The molecule has 1 aromatic carbocycles. The van der Waals surface area contributed by atoms with E-state index in [0.29, 0.717) is 0 Å². The molecule has 0 radical (unpaired) electrons. The van der Waals surface area contributed by atoms with E-state index in [0.717, 1.165) is 78.2 Å². The van der Waals surface area contributed by atoms with Crippen LogP contribution in [0.25, 0.3) is 28.2 Å². The normalized spacial score (nSPS) is 14.9. The van der Waals surface area contributed by atoms with Gasteiger partial charge in [-0.2, -0.15) is 0 Å². The topological polar surface area (TPSA) is 95.8 Å². The second-order valence-electron chi connectivity index (χ2n) is 8.12. The molecule has 8 heteroatoms. The highest BCUT2D eigenvalue weighted by molar-refractivity contribution is 5.71. The monoisotopic (exact) mass is 429 g/mol. The molecule has 164 valence electrons. The molecule has 1 aliphatic rings. The first-order valence-electron chi connectivity index (χ1n) is 10.9. The van der Waals surface area contributed by atoms with E-state index in [9.17, 15) is 0 Å². The maximum atomic E-state index is 9.17. The number of anilines is 2. The zero-order valence-electron chi connectivity index (χ0n) is 18.1. The van der Waals surface area contributed by atoms with E-state index in [2.05, 4.69) is 42.4 Å². The van der Waals surface area contributed by atoms with Gasteiger partial charge >= 0.3 is 0 Å². The van der Waals surface area contributed by atoms with Gasteiger partial charge in [-0.3, -0.25) is 9.30 Å². The Balaban J connectivity index is 1.44. The number of aliphatic hydroxyl groups excluding tert-OH is 1. The molecular weight excluding hydrogens is 402 g/mol. The van der Waals surface area contributed by atoms with Crippen molar-refractivity contribution in [1.82, 2.24) is 24.3 Å². The minimum atomic E-state index is 0.201. The van der Waals surface area contributed by atoms with Crippen molar-refractivity contribution in [3.8, 4) is 22.5 Å². The summed E-state index contributed by atoms with van der Waals surface area (Å²) >= 11 is 0. The number of nitrogens with two attached hydrogens (primary N) is 1. The Hall–Kier alpha value is -3.49. The lowest BCUT2D eigenvalue weighted by atomic mass is 10.1. The van der Waals surface area contributed by atoms with Crippen LogP contribution in [0.2, 0.25) is 0 Å². The van der Waals surface area contributed by atoms with Gasteiger partial charge in [0.05, 0.1) is 24.2 Å². The molecular formula is C24H27N7O. The summed E-state index contributed by atoms with van der Waals surface area (Å²) in [5, 5.41) is 9.17. The van der Waals surface area contributed by atoms with E-state index in [-0.39, 0.29) is 6.61 Å². The zero-order chi connectivity index (χ0) is 22.1. The maximum absolute atomic E-state index is 9.17. The van der Waals surface area contributed by atoms with Crippen LogP contribution in [0, 0.1) is 6.92 Å². The van der Waals surface area contributed by atoms with Crippen LogP contribution >= 0.6 is 0 Å². The van der Waals surface area contributed by atoms with Crippen LogP contribution in [0.3, 0.4) is 0 Å². The first-order valence-corrected chi connectivity index (χ1v) is 10.9. The number of benzene rings is 1. The van der Waals surface area contributed by atoms with Gasteiger partial charge in [0.25, 0.3) is 0 Å². The van der Waals surface area contributed by atoms with Crippen LogP contribution in [0.5, 0.6) is 0 Å². The van der Waals surface area contributed by atoms with E-state index in [1.165, 1.54) is 0 Å². The third-order valence-corrected chi connectivity index (χ3v) is 5.93. The lowest BCUT2D eigenvalue weighted by molar-refractivity contribution is 0.188. The molecule has 3 N–H and O–H groups in total. The van der Waals surface area contributed by atoms with Gasteiger partial charge in [0.1, 0.15) is 17.3 Å². The first-order chi connectivity index (χ1) is 15.6. The molecule has 0 spiro atoms. The molecule has 0 aliphatic carbocycles. The van der Waals surface area contributed by atoms with Crippen LogP contribution in [-0.4, -0.2) is 68.7 Å². The fourth-order valence-electron chi connectivity index (χ4n) is 4.26. The Bertz CT molecular complexity index is 1240. The number of imidazole rings is 1. The highest BCUT2D eigenvalue weighted by Crippen LogP contribution is 2.27. The summed E-state index contributed by atoms with van der Waals surface area (Å²) < 4.78 is 2.06. The number of nitrogens with zero attached hydrogens (tertiary/aromatic N) is 6. The van der Waals surface area contributed by atoms with Crippen molar-refractivity contribution >= 4 is 17.2 Å². The number of rotatable bonds is 5. The number of nitrogen functional groups attached to an aromatic ring is 1. The molecule has 1 aliphatic heterocycles. The van der Waals surface area contributed by atoms with Gasteiger partial charge in [0.2, 0.25) is 0 Å². The second-order valence-corrected chi connectivity index (χ2v) is 8.12. The van der Waals surface area contributed by atoms with Gasteiger partial charge in [-0.25, -0.2) is 15.0 Å². The minimum Gasteiger partial charge on any atom is -0.399 e. The fourth-order valence-corrected chi connectivity index (χ4v) is 4.26. The number of aromatic nitrogens is 4. The van der Waals surface area contributed by atoms with Crippen LogP contribution in [-0.2, 0) is 0 Å². The number of β-amino-alcohol motifs (C(OH)–C–C–N with tert-alkyl or cyclic N) is 1. The van der Waals surface area contributed by atoms with Crippen molar-refractivity contribution in [3.63, 3.8) is 0 Å². The number of aryl methyl sites for hydroxylation is 1. The van der Waals surface area contributed by atoms with E-state index in [1.54, 1.807) is 0 Å². The van der Waals surface area contributed by atoms with Crippen molar-refractivity contribution in [2.45, 2.75) is 6.92 Å². The quantitative estimate of drug-likeness (QED) is 0.471. The molecule has 8 nitrogen and oxygen atoms in total. The Labute approximate surface area is 187 Å². The Morgan fingerprint density at radius 3 is 2.62 bits per heavy atom. The van der Waals surface area contributed by atoms with Crippen molar-refractivity contribution in [1.29, 1.82) is 0 Å². The largest absolute Gasteiger partial charge is 0.399 e. The summed E-state index contributed by atoms with van der Waals surface area (Å²) in [6.45, 7) is 6.48. The number of hydrogen-bond donors (Lipinski definition) is 2. The Kier molecular flexibility index (Phi) is 5.46. The van der Waals surface area contributed by atoms with Gasteiger partial charge < -0.3 is 15.7 Å². The van der Waals surface area contributed by atoms with Crippen molar-refractivity contribution in [2.75, 3.05) is 50.0 Å². The molecule has 0 amide bonds. The summed E-state index contributed by atoms with van der Waals surface area (Å²) in [5.74, 6) is 1.69. The summed E-state index contributed by atoms with van der Waals surface area (Å²) in [5.41, 5.74) is 11.5. The molecule has 0 bridgehead atoms. The Morgan fingerprint density at radius 2 is 1.84 bits per heavy atom. The number of aliphatic hydroxyl groups is 1. The standard InChI is InChI=1S/C24H27N7O/c1-17-27-21(15-24(28-17)30-9-7-29(8-10-30)11-12-32)18-5-6-31-22(16-26-23(31)14-18)19-3-2-4-20(25)13-19/h2-6,13-16,32H,7-12,25H2,1H3. The average Bonchev–Trinajstić information content (AvgIpc) is 3.23. The molecule has 0 atom stereocenters. The summed E-state index contributed by atoms with van der Waals surface area (Å²) in [6.07, 6.45) is 3.90. The van der Waals surface area contributed by atoms with Gasteiger partial charge in [-0.1, -0.05) is 12.1 Å². The predicted octanol–water partition coefficient (Wildman–Crippen LogP) is 2.46. The fraction of sp³-hybridized carbons (Fsp3) is 0.292. The number of hydrogen-bond acceptors (Lipinski definition) is 7. The Morgan fingerprint density at radius 1 is 1.00 bits per heavy atom. The zero-order valence-corrected chi connectivity index (χ0v) is 18.1. The van der Waals surface area contributed by atoms with Crippen LogP contribution in [0.15, 0.2) is 54.9 Å². The predicted molar refractivity (Wildman–Crippen MR) is 127 cm³/mol. The maximum Gasteiger partial charge on any atom is 0.137 e. The van der Waals surface area contributed by atoms with E-state index in [4.69, 9.17) is 15.8 Å². The molecule has 4 heterocycles. The lowest BCUT2D eigenvalue weighted by Crippen LogP contribution is -2.47. The molecule has 0 unspecified atom stereocenters. The lowest BCUT2D eigenvalue weighted by Gasteiger charge is -2.35. The smallest absolute Gasteiger partial charge is 0.137 e. The van der Waals surface area contributed by atoms with E-state index < -0.39 is 0 Å².